The van der Waals surface area contributed by atoms with Gasteiger partial charge in [0.05, 0.1) is 42.0 Å². The molecule has 0 spiro atoms. The fourth-order valence-corrected chi connectivity index (χ4v) is 2.28. The van der Waals surface area contributed by atoms with Crippen molar-refractivity contribution in [2.24, 2.45) is 0 Å². The molecule has 0 fully saturated rings. The molecule has 0 amide bonds. The fraction of sp³-hybridized carbons (Fsp3) is 0.125. The Labute approximate surface area is 148 Å². The van der Waals surface area contributed by atoms with Crippen molar-refractivity contribution < 1.29 is 19.5 Å². The Balaban J connectivity index is 0.000000243. The van der Waals surface area contributed by atoms with Gasteiger partial charge in [0.25, 0.3) is 0 Å². The summed E-state index contributed by atoms with van der Waals surface area (Å²) >= 11 is 3.27. The number of benzene rings is 2. The summed E-state index contributed by atoms with van der Waals surface area (Å²) in [4.78, 5) is 0. The summed E-state index contributed by atoms with van der Waals surface area (Å²) in [6.45, 7) is 0. The first-order valence-electron chi connectivity index (χ1n) is 6.64. The van der Waals surface area contributed by atoms with E-state index in [0.29, 0.717) is 16.9 Å². The van der Waals surface area contributed by atoms with Crippen molar-refractivity contribution in [2.45, 2.75) is 0 Å². The standard InChI is InChI=1S/C8H8BNO3.C8H6BrNO/c1-13-8-3-2-6(5-10)4-7(8)9(11)12;1-11-8-3-2-6(5-10)4-7(8)9/h2-4,11-12H,1H3;2-4H,1H3. The van der Waals surface area contributed by atoms with Gasteiger partial charge in [0.1, 0.15) is 11.5 Å². The Morgan fingerprint density at radius 2 is 1.42 bits per heavy atom. The maximum absolute atomic E-state index is 8.92. The molecule has 0 saturated carbocycles. The van der Waals surface area contributed by atoms with E-state index in [9.17, 15) is 0 Å². The maximum atomic E-state index is 8.92. The number of halogens is 1. The molecule has 6 nitrogen and oxygen atoms in total. The monoisotopic (exact) mass is 388 g/mol. The van der Waals surface area contributed by atoms with Gasteiger partial charge < -0.3 is 19.5 Å². The van der Waals surface area contributed by atoms with Gasteiger partial charge in [-0.1, -0.05) is 0 Å². The van der Waals surface area contributed by atoms with E-state index in [2.05, 4.69) is 15.9 Å². The van der Waals surface area contributed by atoms with Crippen molar-refractivity contribution in [2.75, 3.05) is 14.2 Å². The van der Waals surface area contributed by atoms with Crippen LogP contribution in [0.4, 0.5) is 0 Å². The lowest BCUT2D eigenvalue weighted by Gasteiger charge is -2.06. The number of hydrogen-bond donors (Lipinski definition) is 2. The zero-order valence-electron chi connectivity index (χ0n) is 13.0. The molecule has 0 aromatic heterocycles. The van der Waals surface area contributed by atoms with Crippen LogP contribution in [0.1, 0.15) is 11.1 Å². The van der Waals surface area contributed by atoms with Gasteiger partial charge in [-0.3, -0.25) is 0 Å². The summed E-state index contributed by atoms with van der Waals surface area (Å²) in [6, 6.07) is 13.6. The van der Waals surface area contributed by atoms with Gasteiger partial charge in [-0.15, -0.1) is 0 Å². The molecule has 0 unspecified atom stereocenters. The van der Waals surface area contributed by atoms with Crippen LogP contribution in [0.25, 0.3) is 0 Å². The summed E-state index contributed by atoms with van der Waals surface area (Å²) in [6.07, 6.45) is 0. The first kappa shape index (κ1) is 19.5. The van der Waals surface area contributed by atoms with Gasteiger partial charge in [-0.25, -0.2) is 0 Å². The second-order valence-corrected chi connectivity index (χ2v) is 5.26. The number of nitrogens with zero attached hydrogens (tertiary/aromatic N) is 2. The normalized spacial score (nSPS) is 8.96. The third-order valence-electron chi connectivity index (χ3n) is 2.92. The van der Waals surface area contributed by atoms with Crippen LogP contribution >= 0.6 is 15.9 Å². The summed E-state index contributed by atoms with van der Waals surface area (Å²) in [5.41, 5.74) is 1.18. The lowest BCUT2D eigenvalue weighted by Crippen LogP contribution is -2.31. The predicted octanol–water partition coefficient (Wildman–Crippen LogP) is 1.58. The van der Waals surface area contributed by atoms with Crippen LogP contribution in [0.15, 0.2) is 40.9 Å². The van der Waals surface area contributed by atoms with Gasteiger partial charge in [0.2, 0.25) is 0 Å². The zero-order chi connectivity index (χ0) is 18.1. The van der Waals surface area contributed by atoms with Crippen LogP contribution in [-0.4, -0.2) is 31.4 Å². The first-order valence-corrected chi connectivity index (χ1v) is 7.44. The molecule has 0 radical (unpaired) electrons. The van der Waals surface area contributed by atoms with Crippen LogP contribution < -0.4 is 14.9 Å². The van der Waals surface area contributed by atoms with Crippen LogP contribution in [0.3, 0.4) is 0 Å². The third-order valence-corrected chi connectivity index (χ3v) is 3.54. The molecule has 122 valence electrons. The van der Waals surface area contributed by atoms with E-state index >= 15 is 0 Å². The predicted molar refractivity (Wildman–Crippen MR) is 92.9 cm³/mol. The quantitative estimate of drug-likeness (QED) is 0.773. The molecule has 0 bridgehead atoms. The summed E-state index contributed by atoms with van der Waals surface area (Å²) < 4.78 is 10.7. The summed E-state index contributed by atoms with van der Waals surface area (Å²) in [7, 11) is 1.39. The van der Waals surface area contributed by atoms with E-state index in [-0.39, 0.29) is 5.46 Å². The largest absolute Gasteiger partial charge is 0.497 e. The van der Waals surface area contributed by atoms with E-state index in [1.807, 2.05) is 12.1 Å². The highest BCUT2D eigenvalue weighted by Gasteiger charge is 2.17. The number of hydrogen-bond acceptors (Lipinski definition) is 6. The number of nitriles is 2. The molecule has 0 aliphatic heterocycles. The third kappa shape index (κ3) is 5.29. The van der Waals surface area contributed by atoms with E-state index in [1.165, 1.54) is 19.2 Å². The smallest absolute Gasteiger partial charge is 0.492 e. The minimum absolute atomic E-state index is 0.196. The van der Waals surface area contributed by atoms with Crippen LogP contribution in [-0.2, 0) is 0 Å². The molecule has 0 heterocycles. The van der Waals surface area contributed by atoms with Crippen LogP contribution in [0.2, 0.25) is 0 Å². The lowest BCUT2D eigenvalue weighted by atomic mass is 9.79. The van der Waals surface area contributed by atoms with Crippen molar-refractivity contribution >= 4 is 28.5 Å². The molecule has 2 aromatic rings. The molecule has 0 aliphatic carbocycles. The average molecular weight is 389 g/mol. The van der Waals surface area contributed by atoms with Gasteiger partial charge in [0, 0.05) is 5.46 Å². The van der Waals surface area contributed by atoms with Crippen molar-refractivity contribution in [3.05, 3.63) is 52.0 Å². The average Bonchev–Trinajstić information content (AvgIpc) is 2.61. The Morgan fingerprint density at radius 3 is 1.83 bits per heavy atom. The highest BCUT2D eigenvalue weighted by molar-refractivity contribution is 9.10. The Kier molecular flexibility index (Phi) is 7.80. The van der Waals surface area contributed by atoms with E-state index in [4.69, 9.17) is 30.0 Å². The van der Waals surface area contributed by atoms with E-state index in [1.54, 1.807) is 31.4 Å². The molecule has 2 aromatic carbocycles. The van der Waals surface area contributed by atoms with Crippen molar-refractivity contribution in [1.82, 2.24) is 0 Å². The molecular formula is C16H14BBrN2O4. The zero-order valence-corrected chi connectivity index (χ0v) is 14.6. The SMILES string of the molecule is COc1ccc(C#N)cc1B(O)O.COc1ccc(C#N)cc1Br. The van der Waals surface area contributed by atoms with Crippen LogP contribution in [0.5, 0.6) is 11.5 Å². The second-order valence-electron chi connectivity index (χ2n) is 4.40. The second kappa shape index (κ2) is 9.59. The molecule has 2 N–H and O–H groups in total. The van der Waals surface area contributed by atoms with Crippen molar-refractivity contribution in [3.8, 4) is 23.6 Å². The Morgan fingerprint density at radius 1 is 0.917 bits per heavy atom. The molecule has 24 heavy (non-hydrogen) atoms. The highest BCUT2D eigenvalue weighted by Crippen LogP contribution is 2.24. The minimum Gasteiger partial charge on any atom is -0.497 e. The molecule has 0 atom stereocenters. The van der Waals surface area contributed by atoms with Gasteiger partial charge in [-0.2, -0.15) is 10.5 Å². The molecule has 8 heteroatoms. The maximum Gasteiger partial charge on any atom is 0.492 e. The van der Waals surface area contributed by atoms with Gasteiger partial charge in [0.15, 0.2) is 0 Å². The highest BCUT2D eigenvalue weighted by atomic mass is 79.9. The number of rotatable bonds is 3. The number of methoxy groups -OCH3 is 2. The summed E-state index contributed by atoms with van der Waals surface area (Å²) in [5.74, 6) is 1.10. The fourth-order valence-electron chi connectivity index (χ4n) is 1.74. The Bertz CT molecular complexity index is 785. The lowest BCUT2D eigenvalue weighted by molar-refractivity contribution is 0.403. The van der Waals surface area contributed by atoms with Crippen LogP contribution in [0, 0.1) is 22.7 Å². The van der Waals surface area contributed by atoms with Gasteiger partial charge >= 0.3 is 7.12 Å². The topological polar surface area (TPSA) is 106 Å². The molecule has 0 saturated heterocycles. The van der Waals surface area contributed by atoms with E-state index < -0.39 is 7.12 Å². The molecular weight excluding hydrogens is 375 g/mol. The Hall–Kier alpha value is -2.52. The van der Waals surface area contributed by atoms with Crippen molar-refractivity contribution in [1.29, 1.82) is 10.5 Å². The summed E-state index contributed by atoms with van der Waals surface area (Å²) in [5, 5.41) is 34.9. The van der Waals surface area contributed by atoms with E-state index in [0.717, 1.165) is 10.2 Å². The minimum atomic E-state index is -1.62. The molecule has 2 rings (SSSR count). The molecule has 0 aliphatic rings. The van der Waals surface area contributed by atoms with Gasteiger partial charge in [-0.05, 0) is 52.3 Å². The number of ether oxygens (including phenoxy) is 2. The van der Waals surface area contributed by atoms with Crippen molar-refractivity contribution in [3.63, 3.8) is 0 Å². The first-order chi connectivity index (χ1) is 11.5.